The lowest BCUT2D eigenvalue weighted by atomic mass is 10.2. The maximum absolute atomic E-state index is 12.2. The molecule has 1 atom stereocenters. The highest BCUT2D eigenvalue weighted by Crippen LogP contribution is 2.32. The van der Waals surface area contributed by atoms with Gasteiger partial charge < -0.3 is 14.8 Å². The molecule has 0 fully saturated rings. The van der Waals surface area contributed by atoms with Crippen molar-refractivity contribution in [1.82, 2.24) is 4.57 Å². The highest BCUT2D eigenvalue weighted by atomic mass is 19.4. The van der Waals surface area contributed by atoms with Crippen molar-refractivity contribution in [3.05, 3.63) is 24.0 Å². The van der Waals surface area contributed by atoms with Crippen LogP contribution in [-0.4, -0.2) is 27.6 Å². The summed E-state index contributed by atoms with van der Waals surface area (Å²) in [5.41, 5.74) is -0.139. The second-order valence-corrected chi connectivity index (χ2v) is 3.91. The third-order valence-electron chi connectivity index (χ3n) is 2.47. The van der Waals surface area contributed by atoms with Gasteiger partial charge in [0.05, 0.1) is 0 Å². The molecule has 0 aliphatic heterocycles. The van der Waals surface area contributed by atoms with Crippen LogP contribution >= 0.6 is 0 Å². The predicted octanol–water partition coefficient (Wildman–Crippen LogP) is 2.25. The van der Waals surface area contributed by atoms with E-state index in [1.54, 1.807) is 4.57 Å². The molecule has 0 aliphatic carbocycles. The van der Waals surface area contributed by atoms with Crippen molar-refractivity contribution in [3.8, 4) is 0 Å². The molecule has 0 spiro atoms. The summed E-state index contributed by atoms with van der Waals surface area (Å²) in [6.45, 7) is 0.717. The minimum atomic E-state index is -4.62. The highest BCUT2D eigenvalue weighted by molar-refractivity contribution is 5.15. The van der Waals surface area contributed by atoms with Crippen LogP contribution in [0, 0.1) is 0 Å². The SMILES string of the molecule is OCCCCCn1ccc(C(O)C(F)(F)F)c1. The molecule has 1 aromatic rings. The van der Waals surface area contributed by atoms with Crippen molar-refractivity contribution in [2.24, 2.45) is 0 Å². The number of aromatic nitrogens is 1. The zero-order valence-corrected chi connectivity index (χ0v) is 9.32. The molecule has 6 heteroatoms. The van der Waals surface area contributed by atoms with Gasteiger partial charge in [0.2, 0.25) is 0 Å². The van der Waals surface area contributed by atoms with E-state index in [-0.39, 0.29) is 12.2 Å². The Balaban J connectivity index is 2.48. The molecule has 1 aromatic heterocycles. The first-order chi connectivity index (χ1) is 7.95. The third-order valence-corrected chi connectivity index (χ3v) is 2.47. The summed E-state index contributed by atoms with van der Waals surface area (Å²) < 4.78 is 38.2. The maximum atomic E-state index is 12.2. The van der Waals surface area contributed by atoms with Crippen LogP contribution in [0.15, 0.2) is 18.5 Å². The lowest BCUT2D eigenvalue weighted by Gasteiger charge is -2.12. The topological polar surface area (TPSA) is 45.4 Å². The number of alkyl halides is 3. The Hall–Kier alpha value is -1.01. The molecular weight excluding hydrogens is 235 g/mol. The number of rotatable bonds is 6. The number of nitrogens with zero attached hydrogens (tertiary/aromatic N) is 1. The first-order valence-corrected chi connectivity index (χ1v) is 5.46. The lowest BCUT2D eigenvalue weighted by Crippen LogP contribution is -2.19. The Morgan fingerprint density at radius 2 is 1.94 bits per heavy atom. The molecular formula is C11H16F3NO2. The van der Waals surface area contributed by atoms with Crippen molar-refractivity contribution in [3.63, 3.8) is 0 Å². The average molecular weight is 251 g/mol. The quantitative estimate of drug-likeness (QED) is 0.762. The van der Waals surface area contributed by atoms with Crippen LogP contribution in [0.4, 0.5) is 13.2 Å². The van der Waals surface area contributed by atoms with Crippen LogP contribution in [0.1, 0.15) is 30.9 Å². The highest BCUT2D eigenvalue weighted by Gasteiger charge is 2.39. The van der Waals surface area contributed by atoms with Crippen LogP contribution in [0.2, 0.25) is 0 Å². The summed E-state index contributed by atoms with van der Waals surface area (Å²) >= 11 is 0. The van der Waals surface area contributed by atoms with Gasteiger partial charge in [0.25, 0.3) is 0 Å². The molecule has 17 heavy (non-hydrogen) atoms. The molecule has 0 saturated carbocycles. The summed E-state index contributed by atoms with van der Waals surface area (Å²) in [5.74, 6) is 0. The zero-order chi connectivity index (χ0) is 12.9. The Bertz CT molecular complexity index is 336. The van der Waals surface area contributed by atoms with E-state index in [9.17, 15) is 13.2 Å². The molecule has 0 aromatic carbocycles. The summed E-state index contributed by atoms with van der Waals surface area (Å²) in [4.78, 5) is 0. The molecule has 0 saturated heterocycles. The number of aliphatic hydroxyl groups is 2. The van der Waals surface area contributed by atoms with Crippen molar-refractivity contribution in [1.29, 1.82) is 0 Å². The van der Waals surface area contributed by atoms with E-state index in [0.29, 0.717) is 13.0 Å². The van der Waals surface area contributed by atoms with Crippen LogP contribution in [0.25, 0.3) is 0 Å². The maximum Gasteiger partial charge on any atom is 0.418 e. The molecule has 2 N–H and O–H groups in total. The van der Waals surface area contributed by atoms with Gasteiger partial charge in [-0.3, -0.25) is 0 Å². The van der Waals surface area contributed by atoms with Crippen LogP contribution in [-0.2, 0) is 6.54 Å². The van der Waals surface area contributed by atoms with E-state index in [2.05, 4.69) is 0 Å². The van der Waals surface area contributed by atoms with E-state index >= 15 is 0 Å². The first-order valence-electron chi connectivity index (χ1n) is 5.46. The van der Waals surface area contributed by atoms with E-state index in [4.69, 9.17) is 10.2 Å². The molecule has 3 nitrogen and oxygen atoms in total. The minimum Gasteiger partial charge on any atom is -0.396 e. The summed E-state index contributed by atoms with van der Waals surface area (Å²) in [5, 5.41) is 17.6. The zero-order valence-electron chi connectivity index (χ0n) is 9.32. The summed E-state index contributed by atoms with van der Waals surface area (Å²) in [6.07, 6.45) is -1.91. The predicted molar refractivity (Wildman–Crippen MR) is 56.4 cm³/mol. The minimum absolute atomic E-state index is 0.129. The van der Waals surface area contributed by atoms with Crippen molar-refractivity contribution in [2.75, 3.05) is 6.61 Å². The molecule has 1 rings (SSSR count). The van der Waals surface area contributed by atoms with E-state index in [1.165, 1.54) is 18.5 Å². The second-order valence-electron chi connectivity index (χ2n) is 3.91. The molecule has 0 amide bonds. The number of unbranched alkanes of at least 4 members (excludes halogenated alkanes) is 2. The summed E-state index contributed by atoms with van der Waals surface area (Å²) in [6, 6.07) is 1.27. The number of hydrogen-bond donors (Lipinski definition) is 2. The van der Waals surface area contributed by atoms with Crippen LogP contribution in [0.3, 0.4) is 0 Å². The van der Waals surface area contributed by atoms with Gasteiger partial charge in [0, 0.05) is 31.1 Å². The largest absolute Gasteiger partial charge is 0.418 e. The van der Waals surface area contributed by atoms with Gasteiger partial charge in [-0.15, -0.1) is 0 Å². The van der Waals surface area contributed by atoms with Gasteiger partial charge in [-0.2, -0.15) is 13.2 Å². The van der Waals surface area contributed by atoms with Crippen LogP contribution in [0.5, 0.6) is 0 Å². The fourth-order valence-corrected chi connectivity index (χ4v) is 1.53. The third kappa shape index (κ3) is 4.40. The van der Waals surface area contributed by atoms with Crippen LogP contribution < -0.4 is 0 Å². The number of halogens is 3. The molecule has 1 heterocycles. The second kappa shape index (κ2) is 6.07. The average Bonchev–Trinajstić information content (AvgIpc) is 2.70. The van der Waals surface area contributed by atoms with Gasteiger partial charge >= 0.3 is 6.18 Å². The smallest absolute Gasteiger partial charge is 0.396 e. The number of hydrogen-bond acceptors (Lipinski definition) is 2. The fourth-order valence-electron chi connectivity index (χ4n) is 1.53. The first kappa shape index (κ1) is 14.1. The van der Waals surface area contributed by atoms with Crippen molar-refractivity contribution < 1.29 is 23.4 Å². The van der Waals surface area contributed by atoms with Gasteiger partial charge in [-0.1, -0.05) is 0 Å². The number of aliphatic hydroxyl groups excluding tert-OH is 2. The molecule has 1 unspecified atom stereocenters. The van der Waals surface area contributed by atoms with E-state index in [1.807, 2.05) is 0 Å². The monoisotopic (exact) mass is 251 g/mol. The fraction of sp³-hybridized carbons (Fsp3) is 0.636. The van der Waals surface area contributed by atoms with Crippen molar-refractivity contribution >= 4 is 0 Å². The molecule has 0 radical (unpaired) electrons. The lowest BCUT2D eigenvalue weighted by molar-refractivity contribution is -0.206. The molecule has 0 bridgehead atoms. The van der Waals surface area contributed by atoms with Gasteiger partial charge in [-0.25, -0.2) is 0 Å². The van der Waals surface area contributed by atoms with Gasteiger partial charge in [0.1, 0.15) is 0 Å². The molecule has 98 valence electrons. The van der Waals surface area contributed by atoms with E-state index < -0.39 is 12.3 Å². The number of aryl methyl sites for hydroxylation is 1. The molecule has 0 aliphatic rings. The Morgan fingerprint density at radius 1 is 1.24 bits per heavy atom. The normalized spacial score (nSPS) is 13.9. The van der Waals surface area contributed by atoms with E-state index in [0.717, 1.165) is 12.8 Å². The Labute approximate surface area is 97.5 Å². The summed E-state index contributed by atoms with van der Waals surface area (Å²) in [7, 11) is 0. The standard InChI is InChI=1S/C11H16F3NO2/c12-11(13,14)10(17)9-4-6-15(8-9)5-2-1-3-7-16/h4,6,8,10,16-17H,1-3,5,7H2. The van der Waals surface area contributed by atoms with Gasteiger partial charge in [0.15, 0.2) is 6.10 Å². The van der Waals surface area contributed by atoms with Gasteiger partial charge in [-0.05, 0) is 25.3 Å². The Morgan fingerprint density at radius 3 is 2.53 bits per heavy atom. The Kier molecular flexibility index (Phi) is 5.02. The van der Waals surface area contributed by atoms with Crippen molar-refractivity contribution in [2.45, 2.75) is 38.1 Å².